The molecule has 0 saturated heterocycles. The fourth-order valence-electron chi connectivity index (χ4n) is 5.33. The summed E-state index contributed by atoms with van der Waals surface area (Å²) >= 11 is 12.3. The maximum atomic E-state index is 13.5. The highest BCUT2D eigenvalue weighted by Crippen LogP contribution is 2.34. The number of fused-ring (bicyclic) bond motifs is 3. The number of para-hydroxylation sites is 1. The van der Waals surface area contributed by atoms with E-state index in [-0.39, 0.29) is 32.6 Å². The summed E-state index contributed by atoms with van der Waals surface area (Å²) in [5.41, 5.74) is 4.49. The van der Waals surface area contributed by atoms with Crippen LogP contribution in [-0.4, -0.2) is 43.5 Å². The number of aromatic nitrogens is 2. The van der Waals surface area contributed by atoms with Gasteiger partial charge in [0.1, 0.15) is 18.0 Å². The van der Waals surface area contributed by atoms with Crippen LogP contribution in [0.15, 0.2) is 82.7 Å². The van der Waals surface area contributed by atoms with Crippen molar-refractivity contribution < 1.29 is 17.9 Å². The predicted octanol–water partition coefficient (Wildman–Crippen LogP) is 8.40. The molecule has 0 spiro atoms. The van der Waals surface area contributed by atoms with Crippen LogP contribution in [0.2, 0.25) is 10.0 Å². The molecule has 1 N–H and O–H groups in total. The standard InChI is InChI=1S/C35H34Cl2N4O4S/c1-21(2)30-20-45-35(40-30)29-8-6-9-31(34(29)41-46(42,43)28-18-25(36)17-26(37)19-28)44-16-5-4-7-27-15-14-24-13-12-23-11-10-22(3)38-32(23)33(24)39-27/h6,8-15,17-19,21,30,41H,4-5,7,16,20H2,1-3H3/t30-/m0/s1. The van der Waals surface area contributed by atoms with Crippen molar-refractivity contribution >= 4 is 66.6 Å². The van der Waals surface area contributed by atoms with Crippen LogP contribution in [0.25, 0.3) is 21.8 Å². The van der Waals surface area contributed by atoms with Crippen molar-refractivity contribution in [3.05, 3.63) is 99.8 Å². The molecule has 0 fully saturated rings. The molecule has 1 atom stereocenters. The number of hydrogen-bond donors (Lipinski definition) is 1. The smallest absolute Gasteiger partial charge is 0.262 e. The summed E-state index contributed by atoms with van der Waals surface area (Å²) in [7, 11) is -4.09. The number of pyridine rings is 2. The Labute approximate surface area is 278 Å². The summed E-state index contributed by atoms with van der Waals surface area (Å²) in [4.78, 5) is 14.3. The number of unbranched alkanes of at least 4 members (excludes halogenated alkanes) is 1. The van der Waals surface area contributed by atoms with E-state index in [1.54, 1.807) is 18.2 Å². The zero-order valence-electron chi connectivity index (χ0n) is 25.8. The number of anilines is 1. The molecule has 1 aliphatic rings. The Balaban J connectivity index is 1.20. The molecular weight excluding hydrogens is 643 g/mol. The molecule has 0 saturated carbocycles. The third-order valence-corrected chi connectivity index (χ3v) is 9.65. The second-order valence-electron chi connectivity index (χ2n) is 11.7. The number of rotatable bonds is 11. The lowest BCUT2D eigenvalue weighted by Gasteiger charge is -2.17. The van der Waals surface area contributed by atoms with Crippen molar-refractivity contribution in [3.63, 3.8) is 0 Å². The zero-order chi connectivity index (χ0) is 32.4. The third kappa shape index (κ3) is 7.07. The van der Waals surface area contributed by atoms with Crippen LogP contribution in [0, 0.1) is 12.8 Å². The molecular formula is C35H34Cl2N4O4S. The second-order valence-corrected chi connectivity index (χ2v) is 14.3. The molecule has 5 aromatic rings. The van der Waals surface area contributed by atoms with Crippen molar-refractivity contribution in [3.8, 4) is 5.75 Å². The van der Waals surface area contributed by atoms with Crippen LogP contribution < -0.4 is 9.46 Å². The van der Waals surface area contributed by atoms with Gasteiger partial charge in [-0.25, -0.2) is 13.4 Å². The molecule has 46 heavy (non-hydrogen) atoms. The molecule has 11 heteroatoms. The van der Waals surface area contributed by atoms with E-state index in [4.69, 9.17) is 47.6 Å². The Kier molecular flexibility index (Phi) is 9.36. The van der Waals surface area contributed by atoms with Crippen LogP contribution in [-0.2, 0) is 21.2 Å². The first kappa shape index (κ1) is 32.0. The minimum Gasteiger partial charge on any atom is -0.491 e. The van der Waals surface area contributed by atoms with Gasteiger partial charge in [0, 0.05) is 32.2 Å². The van der Waals surface area contributed by atoms with E-state index in [0.29, 0.717) is 30.4 Å². The van der Waals surface area contributed by atoms with E-state index in [2.05, 4.69) is 48.9 Å². The van der Waals surface area contributed by atoms with Crippen LogP contribution in [0.4, 0.5) is 5.69 Å². The van der Waals surface area contributed by atoms with Crippen LogP contribution in [0.1, 0.15) is 43.6 Å². The lowest BCUT2D eigenvalue weighted by atomic mass is 10.1. The third-order valence-electron chi connectivity index (χ3n) is 7.88. The molecule has 0 radical (unpaired) electrons. The maximum Gasteiger partial charge on any atom is 0.262 e. The Hall–Kier alpha value is -3.92. The number of aliphatic imine (C=N–C) groups is 1. The largest absolute Gasteiger partial charge is 0.491 e. The molecule has 1 aliphatic heterocycles. The topological polar surface area (TPSA) is 103 Å². The highest BCUT2D eigenvalue weighted by molar-refractivity contribution is 7.92. The SMILES string of the molecule is Cc1ccc2ccc3ccc(CCCCOc4cccc(C5=N[C@H](C(C)C)CO5)c4NS(=O)(=O)c4cc(Cl)cc(Cl)c4)nc3c2n1. The molecule has 0 unspecified atom stereocenters. The normalized spacial score (nSPS) is 14.9. The van der Waals surface area contributed by atoms with Gasteiger partial charge in [0.2, 0.25) is 5.90 Å². The van der Waals surface area contributed by atoms with E-state index in [9.17, 15) is 8.42 Å². The molecule has 0 aliphatic carbocycles. The first-order valence-corrected chi connectivity index (χ1v) is 17.4. The Morgan fingerprint density at radius 1 is 0.935 bits per heavy atom. The maximum absolute atomic E-state index is 13.5. The fraction of sp³-hybridized carbons (Fsp3) is 0.286. The van der Waals surface area contributed by atoms with Crippen molar-refractivity contribution in [2.24, 2.45) is 10.9 Å². The number of nitrogens with zero attached hydrogens (tertiary/aromatic N) is 3. The van der Waals surface area contributed by atoms with Gasteiger partial charge in [0.15, 0.2) is 0 Å². The number of ether oxygens (including phenoxy) is 2. The van der Waals surface area contributed by atoms with E-state index < -0.39 is 10.0 Å². The number of benzene rings is 3. The molecule has 3 aromatic carbocycles. The number of sulfonamides is 1. The lowest BCUT2D eigenvalue weighted by molar-refractivity contribution is 0.291. The van der Waals surface area contributed by atoms with Gasteiger partial charge < -0.3 is 9.47 Å². The van der Waals surface area contributed by atoms with Gasteiger partial charge in [0.25, 0.3) is 10.0 Å². The van der Waals surface area contributed by atoms with Gasteiger partial charge in [-0.3, -0.25) is 14.7 Å². The van der Waals surface area contributed by atoms with Crippen molar-refractivity contribution in [1.29, 1.82) is 0 Å². The van der Waals surface area contributed by atoms with Crippen LogP contribution >= 0.6 is 23.2 Å². The summed E-state index contributed by atoms with van der Waals surface area (Å²) in [6.45, 7) is 6.90. The number of hydrogen-bond acceptors (Lipinski definition) is 7. The van der Waals surface area contributed by atoms with E-state index in [1.165, 1.54) is 18.2 Å². The Morgan fingerprint density at radius 2 is 1.63 bits per heavy atom. The summed E-state index contributed by atoms with van der Waals surface area (Å²) in [5.74, 6) is 0.998. The lowest BCUT2D eigenvalue weighted by Crippen LogP contribution is -2.17. The average molecular weight is 678 g/mol. The molecule has 8 nitrogen and oxygen atoms in total. The molecule has 0 bridgehead atoms. The summed E-state index contributed by atoms with van der Waals surface area (Å²) in [6.07, 6.45) is 2.31. The van der Waals surface area contributed by atoms with Crippen molar-refractivity contribution in [1.82, 2.24) is 9.97 Å². The number of halogens is 2. The highest BCUT2D eigenvalue weighted by atomic mass is 35.5. The quantitative estimate of drug-likeness (QED) is 0.111. The summed E-state index contributed by atoms with van der Waals surface area (Å²) < 4.78 is 41.9. The van der Waals surface area contributed by atoms with Gasteiger partial charge in [-0.1, -0.05) is 67.4 Å². The first-order valence-electron chi connectivity index (χ1n) is 15.2. The number of nitrogens with one attached hydrogen (secondary N) is 1. The van der Waals surface area contributed by atoms with Crippen LogP contribution in [0.5, 0.6) is 5.75 Å². The summed E-state index contributed by atoms with van der Waals surface area (Å²) in [6, 6.07) is 21.8. The Bertz CT molecular complexity index is 2050. The Morgan fingerprint density at radius 3 is 2.35 bits per heavy atom. The molecule has 2 aromatic heterocycles. The van der Waals surface area contributed by atoms with E-state index in [1.807, 2.05) is 13.0 Å². The number of aryl methyl sites for hydroxylation is 2. The monoisotopic (exact) mass is 676 g/mol. The van der Waals surface area contributed by atoms with Gasteiger partial charge in [-0.2, -0.15) is 0 Å². The van der Waals surface area contributed by atoms with Gasteiger partial charge >= 0.3 is 0 Å². The molecule has 238 valence electrons. The van der Waals surface area contributed by atoms with Crippen molar-refractivity contribution in [2.75, 3.05) is 17.9 Å². The fourth-order valence-corrected chi connectivity index (χ4v) is 7.14. The van der Waals surface area contributed by atoms with E-state index in [0.717, 1.165) is 52.5 Å². The van der Waals surface area contributed by atoms with Crippen LogP contribution in [0.3, 0.4) is 0 Å². The molecule has 0 amide bonds. The minimum atomic E-state index is -4.09. The van der Waals surface area contributed by atoms with Gasteiger partial charge in [-0.05, 0) is 74.6 Å². The molecule has 3 heterocycles. The van der Waals surface area contributed by atoms with E-state index >= 15 is 0 Å². The average Bonchev–Trinajstić information content (AvgIpc) is 3.52. The van der Waals surface area contributed by atoms with Crippen molar-refractivity contribution in [2.45, 2.75) is 51.0 Å². The highest BCUT2D eigenvalue weighted by Gasteiger charge is 2.28. The van der Waals surface area contributed by atoms with Gasteiger partial charge in [0.05, 0.1) is 34.1 Å². The first-order chi connectivity index (χ1) is 22.1. The minimum absolute atomic E-state index is 0.0303. The second kappa shape index (κ2) is 13.4. The summed E-state index contributed by atoms with van der Waals surface area (Å²) in [5, 5.41) is 2.54. The molecule has 6 rings (SSSR count). The van der Waals surface area contributed by atoms with Gasteiger partial charge in [-0.15, -0.1) is 0 Å². The predicted molar refractivity (Wildman–Crippen MR) is 185 cm³/mol. The zero-order valence-corrected chi connectivity index (χ0v) is 28.1.